The molecular formula is C14H21NO2. The number of benzene rings is 1. The van der Waals surface area contributed by atoms with E-state index in [0.717, 1.165) is 0 Å². The van der Waals surface area contributed by atoms with Gasteiger partial charge in [-0.2, -0.15) is 0 Å². The zero-order chi connectivity index (χ0) is 12.8. The van der Waals surface area contributed by atoms with Gasteiger partial charge in [-0.15, -0.1) is 0 Å². The molecule has 1 aromatic carbocycles. The molecular weight excluding hydrogens is 214 g/mol. The van der Waals surface area contributed by atoms with E-state index in [-0.39, 0.29) is 5.91 Å². The molecule has 0 aliphatic heterocycles. The zero-order valence-corrected chi connectivity index (χ0v) is 10.8. The first kappa shape index (κ1) is 13.7. The smallest absolute Gasteiger partial charge is 0.222 e. The van der Waals surface area contributed by atoms with Crippen LogP contribution in [0.4, 0.5) is 0 Å². The zero-order valence-electron chi connectivity index (χ0n) is 10.8. The van der Waals surface area contributed by atoms with Crippen LogP contribution in [-0.4, -0.2) is 29.1 Å². The molecule has 0 aliphatic carbocycles. The van der Waals surface area contributed by atoms with E-state index in [9.17, 15) is 4.79 Å². The van der Waals surface area contributed by atoms with Crippen LogP contribution in [0.3, 0.4) is 0 Å². The van der Waals surface area contributed by atoms with Crippen molar-refractivity contribution < 1.29 is 9.90 Å². The topological polar surface area (TPSA) is 40.5 Å². The van der Waals surface area contributed by atoms with Crippen LogP contribution in [0.1, 0.15) is 30.9 Å². The van der Waals surface area contributed by atoms with Crippen molar-refractivity contribution in [3.8, 4) is 0 Å². The molecule has 1 aromatic rings. The largest absolute Gasteiger partial charge is 0.393 e. The third-order valence-corrected chi connectivity index (χ3v) is 2.87. The fraction of sp³-hybridized carbons (Fsp3) is 0.500. The van der Waals surface area contributed by atoms with Gasteiger partial charge in [-0.25, -0.2) is 0 Å². The number of hydrogen-bond donors (Lipinski definition) is 1. The van der Waals surface area contributed by atoms with Gasteiger partial charge in [0.1, 0.15) is 0 Å². The molecule has 1 rings (SSSR count). The number of nitrogens with zero attached hydrogens (tertiary/aromatic N) is 1. The fourth-order valence-electron chi connectivity index (χ4n) is 1.65. The predicted molar refractivity (Wildman–Crippen MR) is 68.6 cm³/mol. The van der Waals surface area contributed by atoms with Gasteiger partial charge in [0.05, 0.1) is 6.10 Å². The first-order chi connectivity index (χ1) is 8.00. The van der Waals surface area contributed by atoms with Crippen molar-refractivity contribution in [3.05, 3.63) is 35.4 Å². The first-order valence-electron chi connectivity index (χ1n) is 5.97. The van der Waals surface area contributed by atoms with E-state index in [1.807, 2.05) is 31.2 Å². The molecule has 1 N–H and O–H groups in total. The molecule has 1 amide bonds. The van der Waals surface area contributed by atoms with Gasteiger partial charge in [0.25, 0.3) is 0 Å². The molecule has 0 saturated carbocycles. The summed E-state index contributed by atoms with van der Waals surface area (Å²) in [6.45, 7) is 4.38. The predicted octanol–water partition coefficient (Wildman–Crippen LogP) is 2.11. The highest BCUT2D eigenvalue weighted by atomic mass is 16.3. The highest BCUT2D eigenvalue weighted by Gasteiger charge is 2.11. The lowest BCUT2D eigenvalue weighted by Gasteiger charge is -2.18. The molecule has 1 unspecified atom stereocenters. The van der Waals surface area contributed by atoms with Gasteiger partial charge in [-0.05, 0) is 31.4 Å². The molecule has 0 aromatic heterocycles. The average molecular weight is 235 g/mol. The molecule has 0 heterocycles. The van der Waals surface area contributed by atoms with Crippen LogP contribution in [0, 0.1) is 6.92 Å². The lowest BCUT2D eigenvalue weighted by Crippen LogP contribution is -2.27. The molecule has 0 fully saturated rings. The molecule has 0 aliphatic rings. The fourth-order valence-corrected chi connectivity index (χ4v) is 1.65. The average Bonchev–Trinajstić information content (AvgIpc) is 2.28. The molecule has 3 heteroatoms. The minimum absolute atomic E-state index is 0.0779. The monoisotopic (exact) mass is 235 g/mol. The summed E-state index contributed by atoms with van der Waals surface area (Å²) in [7, 11) is 1.80. The summed E-state index contributed by atoms with van der Waals surface area (Å²) in [6.07, 6.45) is 0.516. The third kappa shape index (κ3) is 4.57. The molecule has 1 atom stereocenters. The molecule has 94 valence electrons. The van der Waals surface area contributed by atoms with Crippen molar-refractivity contribution in [2.45, 2.75) is 39.3 Å². The number of rotatable bonds is 5. The maximum absolute atomic E-state index is 11.8. The van der Waals surface area contributed by atoms with Crippen LogP contribution in [0.5, 0.6) is 0 Å². The Morgan fingerprint density at radius 3 is 2.65 bits per heavy atom. The van der Waals surface area contributed by atoms with Gasteiger partial charge in [0, 0.05) is 20.0 Å². The Labute approximate surface area is 103 Å². The standard InChI is InChI=1S/C14H21NO2/c1-11-6-4-5-7-13(11)10-15(3)14(17)9-8-12(2)16/h4-7,12,16H,8-10H2,1-3H3. The van der Waals surface area contributed by atoms with Gasteiger partial charge in [-0.1, -0.05) is 24.3 Å². The van der Waals surface area contributed by atoms with Crippen molar-refractivity contribution in [2.24, 2.45) is 0 Å². The third-order valence-electron chi connectivity index (χ3n) is 2.87. The molecule has 3 nitrogen and oxygen atoms in total. The number of carbonyl (C=O) groups is 1. The lowest BCUT2D eigenvalue weighted by atomic mass is 10.1. The van der Waals surface area contributed by atoms with Gasteiger partial charge in [-0.3, -0.25) is 4.79 Å². The molecule has 17 heavy (non-hydrogen) atoms. The maximum atomic E-state index is 11.8. The Kier molecular flexibility index (Phi) is 5.16. The minimum Gasteiger partial charge on any atom is -0.393 e. The Morgan fingerprint density at radius 2 is 2.06 bits per heavy atom. The summed E-state index contributed by atoms with van der Waals surface area (Å²) in [6, 6.07) is 8.06. The number of carbonyl (C=O) groups excluding carboxylic acids is 1. The normalized spacial score (nSPS) is 12.2. The van der Waals surface area contributed by atoms with Crippen molar-refractivity contribution in [1.29, 1.82) is 0 Å². The van der Waals surface area contributed by atoms with Gasteiger partial charge in [0.15, 0.2) is 0 Å². The highest BCUT2D eigenvalue weighted by Crippen LogP contribution is 2.10. The Morgan fingerprint density at radius 1 is 1.41 bits per heavy atom. The molecule has 0 saturated heterocycles. The van der Waals surface area contributed by atoms with Crippen molar-refractivity contribution in [3.63, 3.8) is 0 Å². The summed E-state index contributed by atoms with van der Waals surface area (Å²) in [5.41, 5.74) is 2.36. The van der Waals surface area contributed by atoms with E-state index in [1.54, 1.807) is 18.9 Å². The molecule has 0 radical (unpaired) electrons. The Hall–Kier alpha value is -1.35. The van der Waals surface area contributed by atoms with Crippen molar-refractivity contribution in [2.75, 3.05) is 7.05 Å². The first-order valence-corrected chi connectivity index (χ1v) is 5.97. The van der Waals surface area contributed by atoms with Crippen LogP contribution >= 0.6 is 0 Å². The van der Waals surface area contributed by atoms with Gasteiger partial charge >= 0.3 is 0 Å². The Balaban J connectivity index is 2.51. The SMILES string of the molecule is Cc1ccccc1CN(C)C(=O)CCC(C)O. The second kappa shape index (κ2) is 6.40. The van der Waals surface area contributed by atoms with E-state index >= 15 is 0 Å². The van der Waals surface area contributed by atoms with E-state index in [4.69, 9.17) is 5.11 Å². The Bertz CT molecular complexity index is 374. The van der Waals surface area contributed by atoms with Crippen LogP contribution in [-0.2, 0) is 11.3 Å². The molecule has 0 spiro atoms. The van der Waals surface area contributed by atoms with Gasteiger partial charge in [0.2, 0.25) is 5.91 Å². The summed E-state index contributed by atoms with van der Waals surface area (Å²) in [4.78, 5) is 13.5. The van der Waals surface area contributed by atoms with Crippen LogP contribution in [0.15, 0.2) is 24.3 Å². The number of aliphatic hydroxyl groups is 1. The van der Waals surface area contributed by atoms with Crippen molar-refractivity contribution >= 4 is 5.91 Å². The van der Waals surface area contributed by atoms with E-state index < -0.39 is 6.10 Å². The van der Waals surface area contributed by atoms with Gasteiger partial charge < -0.3 is 10.0 Å². The van der Waals surface area contributed by atoms with E-state index in [2.05, 4.69) is 0 Å². The van der Waals surface area contributed by atoms with Crippen LogP contribution < -0.4 is 0 Å². The summed E-state index contributed by atoms with van der Waals surface area (Å²) < 4.78 is 0. The summed E-state index contributed by atoms with van der Waals surface area (Å²) >= 11 is 0. The van der Waals surface area contributed by atoms with E-state index in [1.165, 1.54) is 11.1 Å². The second-order valence-corrected chi connectivity index (χ2v) is 4.56. The van der Waals surface area contributed by atoms with Crippen LogP contribution in [0.25, 0.3) is 0 Å². The second-order valence-electron chi connectivity index (χ2n) is 4.56. The maximum Gasteiger partial charge on any atom is 0.222 e. The number of hydrogen-bond acceptors (Lipinski definition) is 2. The quantitative estimate of drug-likeness (QED) is 0.849. The van der Waals surface area contributed by atoms with Crippen molar-refractivity contribution in [1.82, 2.24) is 4.90 Å². The minimum atomic E-state index is -0.411. The van der Waals surface area contributed by atoms with Crippen LogP contribution in [0.2, 0.25) is 0 Å². The lowest BCUT2D eigenvalue weighted by molar-refractivity contribution is -0.131. The summed E-state index contributed by atoms with van der Waals surface area (Å²) in [5.74, 6) is 0.0779. The molecule has 0 bridgehead atoms. The number of amides is 1. The highest BCUT2D eigenvalue weighted by molar-refractivity contribution is 5.75. The van der Waals surface area contributed by atoms with E-state index in [0.29, 0.717) is 19.4 Å². The summed E-state index contributed by atoms with van der Waals surface area (Å²) in [5, 5.41) is 9.15. The number of aliphatic hydroxyl groups excluding tert-OH is 1. The number of aryl methyl sites for hydroxylation is 1.